The number of aromatic nitrogens is 2. The monoisotopic (exact) mass is 408 g/mol. The van der Waals surface area contributed by atoms with Gasteiger partial charge in [0.05, 0.1) is 6.26 Å². The minimum absolute atomic E-state index is 0.0930. The molecular weight excluding hydrogens is 388 g/mol. The van der Waals surface area contributed by atoms with Gasteiger partial charge in [0.25, 0.3) is 5.91 Å². The van der Waals surface area contributed by atoms with Crippen LogP contribution >= 0.6 is 11.6 Å². The minimum atomic E-state index is 0.0930. The Labute approximate surface area is 173 Å². The molecule has 7 heteroatoms. The molecule has 5 rings (SSSR count). The molecule has 1 aliphatic carbocycles. The Hall–Kier alpha value is -2.86. The molecule has 0 unspecified atom stereocenters. The number of halogens is 1. The van der Waals surface area contributed by atoms with E-state index in [9.17, 15) is 4.79 Å². The number of anilines is 1. The van der Waals surface area contributed by atoms with Gasteiger partial charge >= 0.3 is 0 Å². The van der Waals surface area contributed by atoms with Gasteiger partial charge in [-0.1, -0.05) is 23.7 Å². The van der Waals surface area contributed by atoms with Gasteiger partial charge in [0, 0.05) is 36.2 Å². The lowest BCUT2D eigenvalue weighted by Crippen LogP contribution is -2.33. The molecule has 0 bridgehead atoms. The fourth-order valence-electron chi connectivity index (χ4n) is 4.60. The third-order valence-corrected chi connectivity index (χ3v) is 6.25. The summed E-state index contributed by atoms with van der Waals surface area (Å²) < 4.78 is 5.42. The Bertz CT molecular complexity index is 989. The molecule has 2 aliphatic rings. The quantitative estimate of drug-likeness (QED) is 0.694. The van der Waals surface area contributed by atoms with Crippen LogP contribution in [0, 0.1) is 11.8 Å². The van der Waals surface area contributed by atoms with Crippen LogP contribution in [0.4, 0.5) is 5.82 Å². The van der Waals surface area contributed by atoms with Crippen molar-refractivity contribution in [2.75, 3.05) is 18.4 Å². The van der Waals surface area contributed by atoms with Crippen LogP contribution in [0.3, 0.4) is 0 Å². The molecule has 2 fully saturated rings. The fourth-order valence-corrected chi connectivity index (χ4v) is 4.70. The summed E-state index contributed by atoms with van der Waals surface area (Å²) >= 11 is 5.82. The first-order chi connectivity index (χ1) is 14.2. The van der Waals surface area contributed by atoms with Gasteiger partial charge in [-0.3, -0.25) is 4.79 Å². The van der Waals surface area contributed by atoms with Crippen LogP contribution in [0.5, 0.6) is 0 Å². The van der Waals surface area contributed by atoms with E-state index in [-0.39, 0.29) is 5.91 Å². The number of benzene rings is 1. The Balaban J connectivity index is 1.25. The van der Waals surface area contributed by atoms with E-state index in [2.05, 4.69) is 15.5 Å². The number of hydrogen-bond acceptors (Lipinski definition) is 5. The van der Waals surface area contributed by atoms with E-state index >= 15 is 0 Å². The highest BCUT2D eigenvalue weighted by Crippen LogP contribution is 2.40. The normalized spacial score (nSPS) is 23.2. The van der Waals surface area contributed by atoms with Gasteiger partial charge in [0.15, 0.2) is 5.15 Å². The van der Waals surface area contributed by atoms with Crippen molar-refractivity contribution in [3.63, 3.8) is 0 Å². The van der Waals surface area contributed by atoms with Gasteiger partial charge < -0.3 is 14.6 Å². The SMILES string of the molecule is O=C(c1ccc(-c2ccco2)cc1)N1C[C@@H]2CC[C@@H](Nc3ccc(Cl)nn3)[C@@H]2C1. The summed E-state index contributed by atoms with van der Waals surface area (Å²) in [5, 5.41) is 11.9. The number of nitrogens with zero attached hydrogens (tertiary/aromatic N) is 3. The highest BCUT2D eigenvalue weighted by Gasteiger charge is 2.44. The number of likely N-dealkylation sites (tertiary alicyclic amines) is 1. The van der Waals surface area contributed by atoms with E-state index in [0.717, 1.165) is 43.1 Å². The van der Waals surface area contributed by atoms with E-state index in [0.29, 0.717) is 28.6 Å². The lowest BCUT2D eigenvalue weighted by atomic mass is 9.98. The Morgan fingerprint density at radius 2 is 1.93 bits per heavy atom. The molecule has 3 aromatic rings. The van der Waals surface area contributed by atoms with E-state index in [1.54, 1.807) is 12.3 Å². The van der Waals surface area contributed by atoms with Crippen LogP contribution in [-0.4, -0.2) is 40.1 Å². The molecule has 1 amide bonds. The summed E-state index contributed by atoms with van der Waals surface area (Å²) in [5.74, 6) is 2.59. The predicted molar refractivity (Wildman–Crippen MR) is 111 cm³/mol. The van der Waals surface area contributed by atoms with Crippen LogP contribution < -0.4 is 5.32 Å². The number of carbonyl (C=O) groups is 1. The van der Waals surface area contributed by atoms with Crippen molar-refractivity contribution in [1.82, 2.24) is 15.1 Å². The smallest absolute Gasteiger partial charge is 0.253 e. The van der Waals surface area contributed by atoms with Gasteiger partial charge in [-0.15, -0.1) is 10.2 Å². The molecule has 29 heavy (non-hydrogen) atoms. The number of amides is 1. The van der Waals surface area contributed by atoms with E-state index < -0.39 is 0 Å². The van der Waals surface area contributed by atoms with Crippen molar-refractivity contribution in [2.45, 2.75) is 18.9 Å². The Kier molecular flexibility index (Phi) is 4.72. The Morgan fingerprint density at radius 3 is 2.66 bits per heavy atom. The molecule has 2 aromatic heterocycles. The van der Waals surface area contributed by atoms with Crippen LogP contribution in [0.15, 0.2) is 59.2 Å². The molecule has 1 N–H and O–H groups in total. The zero-order valence-electron chi connectivity index (χ0n) is 15.8. The largest absolute Gasteiger partial charge is 0.464 e. The second-order valence-electron chi connectivity index (χ2n) is 7.76. The first-order valence-corrected chi connectivity index (χ1v) is 10.2. The summed E-state index contributed by atoms with van der Waals surface area (Å²) in [6.45, 7) is 1.58. The average Bonchev–Trinajstić information content (AvgIpc) is 3.48. The molecule has 3 atom stereocenters. The van der Waals surface area contributed by atoms with E-state index in [1.807, 2.05) is 47.4 Å². The fraction of sp³-hybridized carbons (Fsp3) is 0.318. The van der Waals surface area contributed by atoms with Crippen molar-refractivity contribution in [1.29, 1.82) is 0 Å². The molecule has 148 valence electrons. The van der Waals surface area contributed by atoms with Crippen LogP contribution in [0.25, 0.3) is 11.3 Å². The zero-order chi connectivity index (χ0) is 19.8. The van der Waals surface area contributed by atoms with Crippen molar-refractivity contribution >= 4 is 23.3 Å². The third kappa shape index (κ3) is 3.60. The standard InChI is InChI=1S/C22H21ClN4O2/c23-20-9-10-21(26-25-20)24-18-8-7-16-12-27(13-17(16)18)22(28)15-5-3-14(4-6-15)19-2-1-11-29-19/h1-6,9-11,16-18H,7-8,12-13H2,(H,24,26)/t16-,17+,18+/m0/s1. The molecule has 6 nitrogen and oxygen atoms in total. The second kappa shape index (κ2) is 7.52. The maximum atomic E-state index is 13.0. The van der Waals surface area contributed by atoms with Crippen LogP contribution in [0.2, 0.25) is 5.15 Å². The Morgan fingerprint density at radius 1 is 1.07 bits per heavy atom. The minimum Gasteiger partial charge on any atom is -0.464 e. The maximum Gasteiger partial charge on any atom is 0.253 e. The highest BCUT2D eigenvalue weighted by molar-refractivity contribution is 6.29. The highest BCUT2D eigenvalue weighted by atomic mass is 35.5. The molecule has 1 aromatic carbocycles. The van der Waals surface area contributed by atoms with Crippen molar-refractivity contribution in [2.24, 2.45) is 11.8 Å². The molecular formula is C22H21ClN4O2. The lowest BCUT2D eigenvalue weighted by molar-refractivity contribution is 0.0780. The number of carbonyl (C=O) groups excluding carboxylic acids is 1. The average molecular weight is 409 g/mol. The van der Waals surface area contributed by atoms with Crippen LogP contribution in [-0.2, 0) is 0 Å². The molecule has 1 saturated heterocycles. The molecule has 3 heterocycles. The third-order valence-electron chi connectivity index (χ3n) is 6.05. The molecule has 0 spiro atoms. The molecule has 1 aliphatic heterocycles. The van der Waals surface area contributed by atoms with Crippen molar-refractivity contribution < 1.29 is 9.21 Å². The number of rotatable bonds is 4. The second-order valence-corrected chi connectivity index (χ2v) is 8.15. The van der Waals surface area contributed by atoms with Gasteiger partial charge in [-0.05, 0) is 55.2 Å². The van der Waals surface area contributed by atoms with Gasteiger partial charge in [0.1, 0.15) is 11.6 Å². The lowest BCUT2D eigenvalue weighted by Gasteiger charge is -2.22. The molecule has 0 radical (unpaired) electrons. The number of furan rings is 1. The first kappa shape index (κ1) is 18.2. The van der Waals surface area contributed by atoms with Crippen molar-refractivity contribution in [3.05, 3.63) is 65.5 Å². The number of nitrogens with one attached hydrogen (secondary N) is 1. The summed E-state index contributed by atoms with van der Waals surface area (Å²) in [6, 6.07) is 15.3. The van der Waals surface area contributed by atoms with Crippen molar-refractivity contribution in [3.8, 4) is 11.3 Å². The zero-order valence-corrected chi connectivity index (χ0v) is 16.5. The summed E-state index contributed by atoms with van der Waals surface area (Å²) in [5.41, 5.74) is 1.69. The van der Waals surface area contributed by atoms with Crippen LogP contribution in [0.1, 0.15) is 23.2 Å². The van der Waals surface area contributed by atoms with Gasteiger partial charge in [-0.2, -0.15) is 0 Å². The maximum absolute atomic E-state index is 13.0. The summed E-state index contributed by atoms with van der Waals surface area (Å²) in [6.07, 6.45) is 3.85. The predicted octanol–water partition coefficient (Wildman–Crippen LogP) is 4.35. The van der Waals surface area contributed by atoms with Gasteiger partial charge in [0.2, 0.25) is 0 Å². The van der Waals surface area contributed by atoms with E-state index in [4.69, 9.17) is 16.0 Å². The number of fused-ring (bicyclic) bond motifs is 1. The summed E-state index contributed by atoms with van der Waals surface area (Å²) in [4.78, 5) is 15.0. The molecule has 1 saturated carbocycles. The van der Waals surface area contributed by atoms with E-state index in [1.165, 1.54) is 0 Å². The number of hydrogen-bond donors (Lipinski definition) is 1. The first-order valence-electron chi connectivity index (χ1n) is 9.86. The van der Waals surface area contributed by atoms with Gasteiger partial charge in [-0.25, -0.2) is 0 Å². The summed E-state index contributed by atoms with van der Waals surface area (Å²) in [7, 11) is 0. The topological polar surface area (TPSA) is 71.3 Å².